The van der Waals surface area contributed by atoms with Gasteiger partial charge in [0.15, 0.2) is 0 Å². The monoisotopic (exact) mass is 378 g/mol. The van der Waals surface area contributed by atoms with Crippen molar-refractivity contribution in [3.8, 4) is 0 Å². The summed E-state index contributed by atoms with van der Waals surface area (Å²) >= 11 is 0. The molecular weight excluding hydrogens is 348 g/mol. The minimum Gasteiger partial charge on any atom is -0.444 e. The fraction of sp³-hybridized carbons (Fsp3) is 0.667. The summed E-state index contributed by atoms with van der Waals surface area (Å²) in [6, 6.07) is 0.241. The molecule has 1 fully saturated rings. The van der Waals surface area contributed by atoms with Crippen LogP contribution in [0.4, 0.5) is 10.5 Å². The Kier molecular flexibility index (Phi) is 7.35. The quantitative estimate of drug-likeness (QED) is 0.483. The Hall–Kier alpha value is -2.42. The van der Waals surface area contributed by atoms with E-state index in [1.54, 1.807) is 18.2 Å². The minimum atomic E-state index is -0.474. The van der Waals surface area contributed by atoms with E-state index in [1.807, 2.05) is 31.6 Å². The minimum absolute atomic E-state index is 0.241. The molecule has 0 unspecified atom stereocenters. The maximum absolute atomic E-state index is 12.2. The van der Waals surface area contributed by atoms with Crippen LogP contribution >= 0.6 is 0 Å². The number of aromatic nitrogens is 2. The van der Waals surface area contributed by atoms with Gasteiger partial charge in [0, 0.05) is 26.4 Å². The molecule has 1 N–H and O–H groups in total. The predicted octanol–water partition coefficient (Wildman–Crippen LogP) is 2.57. The molecular formula is C18H30N6O3. The Balaban J connectivity index is 1.88. The van der Waals surface area contributed by atoms with Crippen molar-refractivity contribution in [2.75, 3.05) is 38.7 Å². The van der Waals surface area contributed by atoms with Crippen LogP contribution in [0.2, 0.25) is 0 Å². The van der Waals surface area contributed by atoms with Crippen molar-refractivity contribution in [2.45, 2.75) is 45.3 Å². The zero-order chi connectivity index (χ0) is 19.9. The van der Waals surface area contributed by atoms with Crippen molar-refractivity contribution in [2.24, 2.45) is 9.98 Å². The van der Waals surface area contributed by atoms with Crippen LogP contribution in [0.3, 0.4) is 0 Å². The third-order valence-corrected chi connectivity index (χ3v) is 4.05. The number of nitrogens with one attached hydrogen (secondary N) is 1. The van der Waals surface area contributed by atoms with E-state index >= 15 is 0 Å². The highest BCUT2D eigenvalue weighted by atomic mass is 16.6. The number of hydrogen-bond acceptors (Lipinski definition) is 5. The summed E-state index contributed by atoms with van der Waals surface area (Å²) in [5, 5.41) is 7.53. The molecule has 27 heavy (non-hydrogen) atoms. The Bertz CT molecular complexity index is 656. The summed E-state index contributed by atoms with van der Waals surface area (Å²) in [6.07, 6.45) is 5.06. The van der Waals surface area contributed by atoms with Gasteiger partial charge >= 0.3 is 6.09 Å². The number of hydrogen-bond donors (Lipinski definition) is 1. The highest BCUT2D eigenvalue weighted by molar-refractivity contribution is 5.96. The van der Waals surface area contributed by atoms with Gasteiger partial charge in [-0.2, -0.15) is 5.10 Å². The van der Waals surface area contributed by atoms with Gasteiger partial charge in [-0.25, -0.2) is 14.8 Å². The van der Waals surface area contributed by atoms with Gasteiger partial charge in [0.05, 0.1) is 31.1 Å². The van der Waals surface area contributed by atoms with Gasteiger partial charge in [0.2, 0.25) is 5.96 Å². The van der Waals surface area contributed by atoms with Crippen molar-refractivity contribution in [3.63, 3.8) is 0 Å². The van der Waals surface area contributed by atoms with Crippen LogP contribution in [0.15, 0.2) is 22.4 Å². The van der Waals surface area contributed by atoms with E-state index in [9.17, 15) is 4.79 Å². The fourth-order valence-corrected chi connectivity index (χ4v) is 2.74. The van der Waals surface area contributed by atoms with Crippen LogP contribution in [0, 0.1) is 0 Å². The molecule has 150 valence electrons. The van der Waals surface area contributed by atoms with Crippen LogP contribution in [0.5, 0.6) is 0 Å². The average molecular weight is 378 g/mol. The predicted molar refractivity (Wildman–Crippen MR) is 106 cm³/mol. The van der Waals surface area contributed by atoms with E-state index in [1.165, 1.54) is 0 Å². The van der Waals surface area contributed by atoms with Gasteiger partial charge in [-0.15, -0.1) is 0 Å². The van der Waals surface area contributed by atoms with Gasteiger partial charge in [0.1, 0.15) is 5.60 Å². The zero-order valence-electron chi connectivity index (χ0n) is 16.6. The number of likely N-dealkylation sites (tertiary alicyclic amines) is 1. The Morgan fingerprint density at radius 2 is 2.11 bits per heavy atom. The fourth-order valence-electron chi connectivity index (χ4n) is 2.74. The van der Waals surface area contributed by atoms with Crippen LogP contribution in [-0.2, 0) is 9.47 Å². The standard InChI is InChI=1S/C18H30N6O3/c1-18(2,3)27-17(25)23-9-6-15(7-10-23)24-13-14(12-21-24)22-16(19-4)20-8-11-26-5/h12-13,15H,4,6-11H2,1-3,5H3,(H,20,22). The van der Waals surface area contributed by atoms with E-state index in [2.05, 4.69) is 27.1 Å². The number of ether oxygens (including phenoxy) is 2. The molecule has 1 aliphatic heterocycles. The Morgan fingerprint density at radius 1 is 1.41 bits per heavy atom. The first-order valence-corrected chi connectivity index (χ1v) is 9.11. The molecule has 1 aromatic heterocycles. The highest BCUT2D eigenvalue weighted by Crippen LogP contribution is 2.24. The van der Waals surface area contributed by atoms with Crippen molar-refractivity contribution in [1.29, 1.82) is 0 Å². The number of rotatable bonds is 5. The topological polar surface area (TPSA) is 93.3 Å². The number of carbonyl (C=O) groups excluding carboxylic acids is 1. The second-order valence-corrected chi connectivity index (χ2v) is 7.39. The molecule has 2 heterocycles. The largest absolute Gasteiger partial charge is 0.444 e. The van der Waals surface area contributed by atoms with Crippen LogP contribution in [0.25, 0.3) is 0 Å². The first kappa shape index (κ1) is 20.9. The average Bonchev–Trinajstić information content (AvgIpc) is 3.08. The summed E-state index contributed by atoms with van der Waals surface area (Å²) in [4.78, 5) is 22.1. The van der Waals surface area contributed by atoms with Gasteiger partial charge in [-0.3, -0.25) is 4.68 Å². The summed E-state index contributed by atoms with van der Waals surface area (Å²) < 4.78 is 12.3. The van der Waals surface area contributed by atoms with Gasteiger partial charge < -0.3 is 19.7 Å². The summed E-state index contributed by atoms with van der Waals surface area (Å²) in [5.74, 6) is 0.436. The maximum atomic E-state index is 12.2. The Morgan fingerprint density at radius 3 is 2.70 bits per heavy atom. The number of amides is 1. The molecule has 1 amide bonds. The second kappa shape index (κ2) is 9.50. The van der Waals surface area contributed by atoms with Gasteiger partial charge in [0.25, 0.3) is 0 Å². The van der Waals surface area contributed by atoms with E-state index in [4.69, 9.17) is 9.47 Å². The molecule has 1 saturated heterocycles. The molecule has 0 spiro atoms. The summed E-state index contributed by atoms with van der Waals surface area (Å²) in [7, 11) is 1.63. The lowest BCUT2D eigenvalue weighted by Crippen LogP contribution is -2.42. The third-order valence-electron chi connectivity index (χ3n) is 4.05. The number of guanidine groups is 1. The van der Waals surface area contributed by atoms with Crippen LogP contribution < -0.4 is 5.32 Å². The molecule has 0 bridgehead atoms. The van der Waals surface area contributed by atoms with E-state index in [0.29, 0.717) is 32.2 Å². The zero-order valence-corrected chi connectivity index (χ0v) is 16.6. The van der Waals surface area contributed by atoms with E-state index < -0.39 is 5.60 Å². The number of piperidine rings is 1. The smallest absolute Gasteiger partial charge is 0.410 e. The van der Waals surface area contributed by atoms with E-state index in [0.717, 1.165) is 18.5 Å². The molecule has 0 radical (unpaired) electrons. The molecule has 0 aromatic carbocycles. The van der Waals surface area contributed by atoms with Crippen molar-refractivity contribution < 1.29 is 14.3 Å². The molecule has 0 aliphatic carbocycles. The number of aliphatic imine (C=N–C) groups is 2. The maximum Gasteiger partial charge on any atom is 0.410 e. The number of methoxy groups -OCH3 is 1. The summed E-state index contributed by atoms with van der Waals surface area (Å²) in [5.41, 5.74) is 0.325. The highest BCUT2D eigenvalue weighted by Gasteiger charge is 2.27. The SMILES string of the molecule is C=N/C(=N\CCOC)Nc1cnn(C2CCN(C(=O)OC(C)(C)C)CC2)c1. The first-order chi connectivity index (χ1) is 12.8. The van der Waals surface area contributed by atoms with Crippen molar-refractivity contribution in [1.82, 2.24) is 14.7 Å². The van der Waals surface area contributed by atoms with Gasteiger partial charge in [-0.05, 0) is 40.3 Å². The Labute approximate surface area is 160 Å². The van der Waals surface area contributed by atoms with Crippen LogP contribution in [0.1, 0.15) is 39.7 Å². The van der Waals surface area contributed by atoms with E-state index in [-0.39, 0.29) is 12.1 Å². The molecule has 2 rings (SSSR count). The number of nitrogens with zero attached hydrogens (tertiary/aromatic N) is 5. The van der Waals surface area contributed by atoms with Gasteiger partial charge in [-0.1, -0.05) is 0 Å². The molecule has 0 atom stereocenters. The summed E-state index contributed by atoms with van der Waals surface area (Å²) in [6.45, 7) is 11.5. The number of carbonyl (C=O) groups is 1. The molecule has 0 saturated carbocycles. The lowest BCUT2D eigenvalue weighted by Gasteiger charge is -2.33. The third kappa shape index (κ3) is 6.67. The molecule has 1 aliphatic rings. The first-order valence-electron chi connectivity index (χ1n) is 9.11. The lowest BCUT2D eigenvalue weighted by molar-refractivity contribution is 0.0185. The normalized spacial score (nSPS) is 16.3. The van der Waals surface area contributed by atoms with Crippen molar-refractivity contribution >= 4 is 24.5 Å². The molecule has 1 aromatic rings. The van der Waals surface area contributed by atoms with Crippen LogP contribution in [-0.4, -0.2) is 72.4 Å². The molecule has 9 heteroatoms. The molecule has 9 nitrogen and oxygen atoms in total. The van der Waals surface area contributed by atoms with Crippen molar-refractivity contribution in [3.05, 3.63) is 12.4 Å². The number of anilines is 1. The second-order valence-electron chi connectivity index (χ2n) is 7.39. The lowest BCUT2D eigenvalue weighted by atomic mass is 10.1.